The van der Waals surface area contributed by atoms with Crippen LogP contribution in [-0.4, -0.2) is 56.0 Å². The largest absolute Gasteiger partial charge is 0.355 e. The first-order valence-corrected chi connectivity index (χ1v) is 14.2. The smallest absolute Gasteiger partial charge is 0.350 e. The summed E-state index contributed by atoms with van der Waals surface area (Å²) in [5.41, 5.74) is 2.22. The van der Waals surface area contributed by atoms with E-state index >= 15 is 0 Å². The van der Waals surface area contributed by atoms with Crippen LogP contribution < -0.4 is 15.9 Å². The first-order valence-electron chi connectivity index (χ1n) is 13.5. The zero-order valence-corrected chi connectivity index (χ0v) is 25.2. The Morgan fingerprint density at radius 2 is 1.95 bits per heavy atom. The fraction of sp³-hybridized carbons (Fsp3) is 0.300. The number of carbonyl (C=O) groups is 1. The third-order valence-corrected chi connectivity index (χ3v) is 7.74. The van der Waals surface area contributed by atoms with Gasteiger partial charge in [0.2, 0.25) is 5.91 Å². The van der Waals surface area contributed by atoms with E-state index in [1.807, 2.05) is 38.7 Å². The van der Waals surface area contributed by atoms with Gasteiger partial charge in [-0.3, -0.25) is 9.78 Å². The molecule has 1 saturated heterocycles. The summed E-state index contributed by atoms with van der Waals surface area (Å²) in [5, 5.41) is 4.02. The maximum atomic E-state index is 14.1. The molecule has 4 heterocycles. The predicted molar refractivity (Wildman–Crippen MR) is 165 cm³/mol. The summed E-state index contributed by atoms with van der Waals surface area (Å²) in [5.74, 6) is -0.0665. The van der Waals surface area contributed by atoms with Crippen LogP contribution in [0.4, 0.5) is 21.7 Å². The lowest BCUT2D eigenvalue weighted by atomic mass is 10.0. The molecule has 1 aliphatic heterocycles. The molecule has 9 nitrogen and oxygen atoms in total. The quantitative estimate of drug-likeness (QED) is 0.267. The number of carbonyl (C=O) groups excluding carboxylic acids is 1. The van der Waals surface area contributed by atoms with Gasteiger partial charge in [0.25, 0.3) is 0 Å². The number of hydrogen-bond donors (Lipinski definition) is 1. The van der Waals surface area contributed by atoms with Gasteiger partial charge in [-0.2, -0.15) is 4.98 Å². The molecule has 0 unspecified atom stereocenters. The molecule has 42 heavy (non-hydrogen) atoms. The Hall–Kier alpha value is -4.02. The first kappa shape index (κ1) is 29.5. The average molecular weight is 611 g/mol. The zero-order valence-electron chi connectivity index (χ0n) is 23.7. The average Bonchev–Trinajstić information content (AvgIpc) is 2.93. The summed E-state index contributed by atoms with van der Waals surface area (Å²) in [4.78, 5) is 43.9. The van der Waals surface area contributed by atoms with Crippen LogP contribution in [-0.2, 0) is 4.79 Å². The van der Waals surface area contributed by atoms with E-state index in [2.05, 4.69) is 21.9 Å². The molecule has 1 aliphatic rings. The van der Waals surface area contributed by atoms with Crippen molar-refractivity contribution < 1.29 is 9.18 Å². The van der Waals surface area contributed by atoms with E-state index in [1.165, 1.54) is 22.8 Å². The number of nitrogens with zero attached hydrogens (tertiary/aromatic N) is 6. The predicted octanol–water partition coefficient (Wildman–Crippen LogP) is 6.02. The number of rotatable bonds is 6. The number of benzene rings is 1. The number of hydrogen-bond acceptors (Lipinski definition) is 7. The van der Waals surface area contributed by atoms with Gasteiger partial charge in [0.1, 0.15) is 11.6 Å². The van der Waals surface area contributed by atoms with Gasteiger partial charge in [-0.1, -0.05) is 43.6 Å². The van der Waals surface area contributed by atoms with Crippen LogP contribution in [0.1, 0.15) is 37.9 Å². The lowest BCUT2D eigenvalue weighted by molar-refractivity contribution is -0.126. The summed E-state index contributed by atoms with van der Waals surface area (Å²) in [7, 11) is 0. The Labute approximate surface area is 252 Å². The summed E-state index contributed by atoms with van der Waals surface area (Å²) >= 11 is 12.8. The standard InChI is InChI=1S/C30H30Cl2FN7O2/c1-6-24(41)38-9-10-39(18(5)15-38)28-22-14-23(32)27(35-21-12-19(31)11-20(33)13-21)36-29(22)40(30(42)37-28)26-17(4)7-8-34-25(26)16(2)3/h6-8,11-14,16,18H,1,9-10,15H2,2-5H3,(H,35,36)/t18-/m0/s1. The number of aryl methyl sites for hydroxylation is 1. The Kier molecular flexibility index (Phi) is 8.21. The van der Waals surface area contributed by atoms with E-state index < -0.39 is 11.5 Å². The van der Waals surface area contributed by atoms with Gasteiger partial charge in [-0.15, -0.1) is 0 Å². The van der Waals surface area contributed by atoms with Crippen LogP contribution in [0.2, 0.25) is 10.0 Å². The van der Waals surface area contributed by atoms with Crippen molar-refractivity contribution in [1.29, 1.82) is 0 Å². The Morgan fingerprint density at radius 3 is 2.62 bits per heavy atom. The van der Waals surface area contributed by atoms with Crippen molar-refractivity contribution >= 4 is 57.5 Å². The van der Waals surface area contributed by atoms with Crippen LogP contribution in [0.5, 0.6) is 0 Å². The first-order chi connectivity index (χ1) is 20.0. The lowest BCUT2D eigenvalue weighted by Gasteiger charge is -2.40. The molecule has 12 heteroatoms. The number of anilines is 3. The SMILES string of the molecule is C=CC(=O)N1CCN(c2nc(=O)n(-c3c(C)ccnc3C(C)C)c3nc(Nc4cc(F)cc(Cl)c4)c(Cl)cc23)[C@@H](C)C1. The van der Waals surface area contributed by atoms with Gasteiger partial charge in [0.05, 0.1) is 21.8 Å². The summed E-state index contributed by atoms with van der Waals surface area (Å²) in [6, 6.07) is 7.37. The van der Waals surface area contributed by atoms with Crippen molar-refractivity contribution in [2.24, 2.45) is 0 Å². The number of fused-ring (bicyclic) bond motifs is 1. The molecular weight excluding hydrogens is 580 g/mol. The monoisotopic (exact) mass is 609 g/mol. The molecule has 3 aromatic heterocycles. The molecular formula is C30H30Cl2FN7O2. The number of aromatic nitrogens is 4. The van der Waals surface area contributed by atoms with Crippen molar-refractivity contribution in [3.05, 3.63) is 86.8 Å². The minimum absolute atomic E-state index is 0.00338. The van der Waals surface area contributed by atoms with E-state index in [0.717, 1.165) is 5.56 Å². The fourth-order valence-corrected chi connectivity index (χ4v) is 5.68. The topological polar surface area (TPSA) is 96.3 Å². The highest BCUT2D eigenvalue weighted by Gasteiger charge is 2.30. The Balaban J connectivity index is 1.75. The van der Waals surface area contributed by atoms with Gasteiger partial charge in [-0.25, -0.2) is 18.7 Å². The van der Waals surface area contributed by atoms with E-state index in [1.54, 1.807) is 23.2 Å². The van der Waals surface area contributed by atoms with Gasteiger partial charge < -0.3 is 15.1 Å². The van der Waals surface area contributed by atoms with E-state index in [-0.39, 0.29) is 33.7 Å². The third kappa shape index (κ3) is 5.56. The van der Waals surface area contributed by atoms with Crippen LogP contribution >= 0.6 is 23.2 Å². The minimum atomic E-state index is -0.540. The zero-order chi connectivity index (χ0) is 30.3. The second kappa shape index (κ2) is 11.7. The summed E-state index contributed by atoms with van der Waals surface area (Å²) in [6.07, 6.45) is 3.00. The van der Waals surface area contributed by atoms with Crippen molar-refractivity contribution in [3.8, 4) is 5.69 Å². The second-order valence-corrected chi connectivity index (χ2v) is 11.4. The number of nitrogens with one attached hydrogen (secondary N) is 1. The van der Waals surface area contributed by atoms with Gasteiger partial charge in [0, 0.05) is 42.6 Å². The summed E-state index contributed by atoms with van der Waals surface area (Å²) < 4.78 is 15.6. The maximum Gasteiger partial charge on any atom is 0.355 e. The molecule has 0 radical (unpaired) electrons. The molecule has 0 aliphatic carbocycles. The Bertz CT molecular complexity index is 1760. The molecule has 1 aromatic carbocycles. The number of amides is 1. The molecule has 1 amide bonds. The molecule has 5 rings (SSSR count). The van der Waals surface area contributed by atoms with Gasteiger partial charge in [-0.05, 0) is 61.7 Å². The lowest BCUT2D eigenvalue weighted by Crippen LogP contribution is -2.54. The molecule has 1 atom stereocenters. The number of halogens is 3. The van der Waals surface area contributed by atoms with Crippen LogP contribution in [0.25, 0.3) is 16.7 Å². The summed E-state index contributed by atoms with van der Waals surface area (Å²) in [6.45, 7) is 12.7. The van der Waals surface area contributed by atoms with Crippen LogP contribution in [0.15, 0.2) is 54.0 Å². The van der Waals surface area contributed by atoms with Crippen molar-refractivity contribution in [2.75, 3.05) is 29.9 Å². The molecule has 4 aromatic rings. The van der Waals surface area contributed by atoms with E-state index in [4.69, 9.17) is 28.2 Å². The van der Waals surface area contributed by atoms with Crippen molar-refractivity contribution in [3.63, 3.8) is 0 Å². The molecule has 0 spiro atoms. The molecule has 1 N–H and O–H groups in total. The number of piperazine rings is 1. The van der Waals surface area contributed by atoms with Crippen molar-refractivity contribution in [2.45, 2.75) is 39.7 Å². The molecule has 0 saturated carbocycles. The van der Waals surface area contributed by atoms with Crippen LogP contribution in [0.3, 0.4) is 0 Å². The Morgan fingerprint density at radius 1 is 1.19 bits per heavy atom. The van der Waals surface area contributed by atoms with Crippen LogP contribution in [0, 0.1) is 12.7 Å². The normalized spacial score (nSPS) is 15.4. The molecule has 1 fully saturated rings. The highest BCUT2D eigenvalue weighted by Crippen LogP contribution is 2.35. The number of pyridine rings is 2. The van der Waals surface area contributed by atoms with Gasteiger partial charge >= 0.3 is 5.69 Å². The molecule has 218 valence electrons. The fourth-order valence-electron chi connectivity index (χ4n) is 5.26. The highest BCUT2D eigenvalue weighted by atomic mass is 35.5. The van der Waals surface area contributed by atoms with Crippen molar-refractivity contribution in [1.82, 2.24) is 24.4 Å². The minimum Gasteiger partial charge on any atom is -0.350 e. The van der Waals surface area contributed by atoms with Gasteiger partial charge in [0.15, 0.2) is 11.5 Å². The maximum absolute atomic E-state index is 14.1. The third-order valence-electron chi connectivity index (χ3n) is 7.24. The highest BCUT2D eigenvalue weighted by molar-refractivity contribution is 6.34. The van der Waals surface area contributed by atoms with E-state index in [0.29, 0.717) is 53.6 Å². The molecule has 0 bridgehead atoms. The second-order valence-electron chi connectivity index (χ2n) is 10.6. The van der Waals surface area contributed by atoms with E-state index in [9.17, 15) is 14.0 Å².